The van der Waals surface area contributed by atoms with Gasteiger partial charge < -0.3 is 25.0 Å². The Labute approximate surface area is 214 Å². The highest BCUT2D eigenvalue weighted by atomic mass is 16.5. The number of carbonyl (C=O) groups excluding carboxylic acids is 1. The molecule has 1 amide bonds. The Bertz CT molecular complexity index is 928. The van der Waals surface area contributed by atoms with Gasteiger partial charge in [0.1, 0.15) is 6.10 Å². The molecular weight excluding hydrogens is 458 g/mol. The van der Waals surface area contributed by atoms with Crippen LogP contribution in [0.1, 0.15) is 53.9 Å². The summed E-state index contributed by atoms with van der Waals surface area (Å²) in [6, 6.07) is -0.574. The van der Waals surface area contributed by atoms with E-state index in [0.717, 1.165) is 17.6 Å². The molecule has 7 nitrogen and oxygen atoms in total. The van der Waals surface area contributed by atoms with E-state index < -0.39 is 24.3 Å². The van der Waals surface area contributed by atoms with Crippen molar-refractivity contribution >= 4 is 12.1 Å². The Morgan fingerprint density at radius 1 is 1.31 bits per heavy atom. The van der Waals surface area contributed by atoms with Crippen LogP contribution >= 0.6 is 0 Å². The number of rotatable bonds is 10. The molecule has 2 heterocycles. The average molecular weight is 500 g/mol. The molecule has 0 aliphatic carbocycles. The van der Waals surface area contributed by atoms with Crippen LogP contribution in [0.25, 0.3) is 0 Å². The first kappa shape index (κ1) is 29.3. The minimum Gasteiger partial charge on any atom is -0.465 e. The van der Waals surface area contributed by atoms with Crippen LogP contribution < -0.4 is 5.32 Å². The average Bonchev–Trinajstić information content (AvgIpc) is 2.79. The zero-order chi connectivity index (χ0) is 26.7. The molecule has 7 heteroatoms. The third-order valence-corrected chi connectivity index (χ3v) is 6.36. The zero-order valence-corrected chi connectivity index (χ0v) is 22.0. The maximum Gasteiger partial charge on any atom is 0.405 e. The largest absolute Gasteiger partial charge is 0.465 e. The number of cyclic esters (lactones) is 1. The summed E-state index contributed by atoms with van der Waals surface area (Å²) in [6.45, 7) is 10.0. The van der Waals surface area contributed by atoms with Crippen molar-refractivity contribution in [3.05, 3.63) is 71.9 Å². The van der Waals surface area contributed by atoms with E-state index in [1.54, 1.807) is 6.08 Å². The van der Waals surface area contributed by atoms with Gasteiger partial charge in [-0.3, -0.25) is 0 Å². The SMILES string of the molecule is C/C=C/[C@@H]1O[C@H]([C@@H](/C=C/C=C(\C)C[C@@H](C)/C=C(C)\C=C\[C@H]2CC=CC(=O)O2)NC(=O)O)C[C@@H](O)[C@@H]1C. The molecule has 0 bridgehead atoms. The lowest BCUT2D eigenvalue weighted by Crippen LogP contribution is -2.51. The van der Waals surface area contributed by atoms with Crippen molar-refractivity contribution in [3.8, 4) is 0 Å². The van der Waals surface area contributed by atoms with E-state index >= 15 is 0 Å². The second-order valence-electron chi connectivity index (χ2n) is 9.76. The normalized spacial score (nSPS) is 29.6. The van der Waals surface area contributed by atoms with Gasteiger partial charge in [0.15, 0.2) is 0 Å². The van der Waals surface area contributed by atoms with E-state index in [2.05, 4.69) is 18.3 Å². The number of carbonyl (C=O) groups is 2. The first-order valence-electron chi connectivity index (χ1n) is 12.6. The highest BCUT2D eigenvalue weighted by Crippen LogP contribution is 2.28. The van der Waals surface area contributed by atoms with Crippen LogP contribution in [0.2, 0.25) is 0 Å². The monoisotopic (exact) mass is 499 g/mol. The molecule has 2 aliphatic heterocycles. The number of hydrogen-bond acceptors (Lipinski definition) is 5. The van der Waals surface area contributed by atoms with E-state index in [0.29, 0.717) is 18.8 Å². The topological polar surface area (TPSA) is 105 Å². The van der Waals surface area contributed by atoms with Gasteiger partial charge in [-0.25, -0.2) is 9.59 Å². The third-order valence-electron chi connectivity index (χ3n) is 6.36. The molecule has 1 fully saturated rings. The first-order chi connectivity index (χ1) is 17.1. The predicted octanol–water partition coefficient (Wildman–Crippen LogP) is 5.26. The van der Waals surface area contributed by atoms with Gasteiger partial charge in [-0.15, -0.1) is 0 Å². The Morgan fingerprint density at radius 3 is 2.72 bits per heavy atom. The highest BCUT2D eigenvalue weighted by molar-refractivity contribution is 5.82. The number of aliphatic hydroxyl groups is 1. The summed E-state index contributed by atoms with van der Waals surface area (Å²) in [5.74, 6) is -0.0729. The fourth-order valence-corrected chi connectivity index (χ4v) is 4.49. The Balaban J connectivity index is 1.98. The third kappa shape index (κ3) is 9.99. The van der Waals surface area contributed by atoms with Crippen molar-refractivity contribution in [2.45, 2.75) is 84.3 Å². The molecule has 7 atom stereocenters. The molecule has 0 spiro atoms. The standard InChI is InChI=1S/C29H41NO6/c1-6-9-26-22(5)25(31)18-27(36-26)24(30-29(33)34)12-7-10-19(2)16-21(4)17-20(3)14-15-23-11-8-13-28(32)35-23/h6-10,12-15,17,21-27,30-31H,11,16,18H2,1-5H3,(H,33,34)/b9-6+,12-7+,15-14+,19-10+,20-17-/t21-,22+,23-,24-,25-,26+,27+/m1/s1. The van der Waals surface area contributed by atoms with Crippen LogP contribution in [0.15, 0.2) is 71.9 Å². The fraction of sp³-hybridized carbons (Fsp3) is 0.517. The van der Waals surface area contributed by atoms with Crippen LogP contribution in [0.4, 0.5) is 4.79 Å². The predicted molar refractivity (Wildman–Crippen MR) is 141 cm³/mol. The van der Waals surface area contributed by atoms with Gasteiger partial charge in [-0.05, 0) is 39.2 Å². The second-order valence-corrected chi connectivity index (χ2v) is 9.76. The van der Waals surface area contributed by atoms with E-state index in [-0.39, 0.29) is 24.1 Å². The highest BCUT2D eigenvalue weighted by Gasteiger charge is 2.37. The molecule has 198 valence electrons. The Kier molecular flexibility index (Phi) is 11.9. The minimum absolute atomic E-state index is 0.0589. The van der Waals surface area contributed by atoms with E-state index in [1.807, 2.05) is 70.2 Å². The summed E-state index contributed by atoms with van der Waals surface area (Å²) >= 11 is 0. The number of amides is 1. The number of aliphatic hydroxyl groups excluding tert-OH is 1. The molecule has 1 saturated heterocycles. The molecule has 3 N–H and O–H groups in total. The molecule has 2 rings (SSSR count). The van der Waals surface area contributed by atoms with Crippen molar-refractivity contribution < 1.29 is 29.3 Å². The molecule has 0 unspecified atom stereocenters. The molecule has 2 aliphatic rings. The number of esters is 1. The van der Waals surface area contributed by atoms with Crippen LogP contribution in [0, 0.1) is 11.8 Å². The lowest BCUT2D eigenvalue weighted by Gasteiger charge is -2.39. The lowest BCUT2D eigenvalue weighted by atomic mass is 9.87. The van der Waals surface area contributed by atoms with Crippen molar-refractivity contribution in [1.29, 1.82) is 0 Å². The molecule has 0 aromatic heterocycles. The zero-order valence-electron chi connectivity index (χ0n) is 22.0. The Hall–Kier alpha value is -2.90. The fourth-order valence-electron chi connectivity index (χ4n) is 4.49. The van der Waals surface area contributed by atoms with E-state index in [1.165, 1.54) is 6.08 Å². The van der Waals surface area contributed by atoms with Gasteiger partial charge in [-0.2, -0.15) is 0 Å². The van der Waals surface area contributed by atoms with Crippen molar-refractivity contribution in [2.75, 3.05) is 0 Å². The van der Waals surface area contributed by atoms with Gasteiger partial charge in [0, 0.05) is 24.8 Å². The number of allylic oxidation sites excluding steroid dienone is 7. The van der Waals surface area contributed by atoms with Gasteiger partial charge in [0.05, 0.1) is 24.4 Å². The Morgan fingerprint density at radius 2 is 2.06 bits per heavy atom. The number of carboxylic acid groups (broad SMARTS) is 1. The quantitative estimate of drug-likeness (QED) is 0.215. The van der Waals surface area contributed by atoms with E-state index in [9.17, 15) is 19.8 Å². The lowest BCUT2D eigenvalue weighted by molar-refractivity contribution is -0.141. The second kappa shape index (κ2) is 14.6. The minimum atomic E-state index is -1.13. The summed E-state index contributed by atoms with van der Waals surface area (Å²) < 4.78 is 11.4. The first-order valence-corrected chi connectivity index (χ1v) is 12.6. The molecular formula is C29H41NO6. The van der Waals surface area contributed by atoms with E-state index in [4.69, 9.17) is 9.47 Å². The molecule has 0 radical (unpaired) electrons. The molecule has 0 saturated carbocycles. The molecule has 0 aromatic rings. The number of ether oxygens (including phenoxy) is 2. The summed E-state index contributed by atoms with van der Waals surface area (Å²) in [4.78, 5) is 22.7. The van der Waals surface area contributed by atoms with Gasteiger partial charge in [0.2, 0.25) is 0 Å². The van der Waals surface area contributed by atoms with Gasteiger partial charge in [-0.1, -0.05) is 73.6 Å². The van der Waals surface area contributed by atoms with Crippen molar-refractivity contribution in [1.82, 2.24) is 5.32 Å². The van der Waals surface area contributed by atoms with Crippen LogP contribution in [0.3, 0.4) is 0 Å². The number of hydrogen-bond donors (Lipinski definition) is 3. The summed E-state index contributed by atoms with van der Waals surface area (Å²) in [5, 5.41) is 22.3. The van der Waals surface area contributed by atoms with Gasteiger partial charge >= 0.3 is 12.1 Å². The number of nitrogens with one attached hydrogen (secondary N) is 1. The van der Waals surface area contributed by atoms with Gasteiger partial charge in [0.25, 0.3) is 0 Å². The smallest absolute Gasteiger partial charge is 0.405 e. The maximum absolute atomic E-state index is 11.4. The molecule has 36 heavy (non-hydrogen) atoms. The summed E-state index contributed by atoms with van der Waals surface area (Å²) in [7, 11) is 0. The van der Waals surface area contributed by atoms with Crippen molar-refractivity contribution in [2.24, 2.45) is 11.8 Å². The summed E-state index contributed by atoms with van der Waals surface area (Å²) in [6.07, 6.45) is 18.0. The van der Waals surface area contributed by atoms with Crippen molar-refractivity contribution in [3.63, 3.8) is 0 Å². The van der Waals surface area contributed by atoms with Crippen LogP contribution in [-0.2, 0) is 14.3 Å². The maximum atomic E-state index is 11.4. The molecule has 0 aromatic carbocycles. The summed E-state index contributed by atoms with van der Waals surface area (Å²) in [5.41, 5.74) is 2.25. The van der Waals surface area contributed by atoms with Crippen LogP contribution in [0.5, 0.6) is 0 Å². The van der Waals surface area contributed by atoms with Crippen LogP contribution in [-0.4, -0.2) is 52.7 Å².